The molecule has 0 radical (unpaired) electrons. The molecule has 0 aromatic carbocycles. The van der Waals surface area contributed by atoms with Crippen LogP contribution in [0.2, 0.25) is 0 Å². The monoisotopic (exact) mass is 432 g/mol. The standard InChI is InChI=1S/C15H24N6O.HI/c1-15(2,22-4)11-18-14(16-3)17-9-8-13-20-19-12-7-5-6-10-21(12)13;/h5-7,10H,8-9,11H2,1-4H3,(H2,16,17,18);1H. The summed E-state index contributed by atoms with van der Waals surface area (Å²) in [5.74, 6) is 1.68. The molecule has 2 N–H and O–H groups in total. The predicted octanol–water partition coefficient (Wildman–Crippen LogP) is 1.48. The van der Waals surface area contributed by atoms with E-state index in [2.05, 4.69) is 25.8 Å². The second-order valence-electron chi connectivity index (χ2n) is 5.61. The molecule has 0 aliphatic rings. The van der Waals surface area contributed by atoms with E-state index in [1.807, 2.05) is 42.6 Å². The van der Waals surface area contributed by atoms with Crippen LogP contribution in [0.3, 0.4) is 0 Å². The van der Waals surface area contributed by atoms with Gasteiger partial charge in [0.05, 0.1) is 5.60 Å². The summed E-state index contributed by atoms with van der Waals surface area (Å²) in [6.45, 7) is 5.45. The molecule has 0 fully saturated rings. The Hall–Kier alpha value is -1.42. The average molecular weight is 432 g/mol. The highest BCUT2D eigenvalue weighted by Crippen LogP contribution is 2.04. The van der Waals surface area contributed by atoms with Crippen molar-refractivity contribution >= 4 is 35.6 Å². The number of fused-ring (bicyclic) bond motifs is 1. The van der Waals surface area contributed by atoms with Gasteiger partial charge in [-0.15, -0.1) is 34.2 Å². The zero-order valence-corrected chi connectivity index (χ0v) is 16.4. The fraction of sp³-hybridized carbons (Fsp3) is 0.533. The van der Waals surface area contributed by atoms with E-state index >= 15 is 0 Å². The lowest BCUT2D eigenvalue weighted by atomic mass is 10.1. The first-order valence-corrected chi connectivity index (χ1v) is 7.34. The van der Waals surface area contributed by atoms with Crippen molar-refractivity contribution in [2.75, 3.05) is 27.2 Å². The molecule has 0 bridgehead atoms. The molecule has 0 saturated carbocycles. The molecule has 0 spiro atoms. The van der Waals surface area contributed by atoms with E-state index in [4.69, 9.17) is 4.74 Å². The van der Waals surface area contributed by atoms with Crippen LogP contribution in [0.1, 0.15) is 19.7 Å². The number of rotatable bonds is 6. The maximum Gasteiger partial charge on any atom is 0.191 e. The Kier molecular flexibility index (Phi) is 7.69. The molecule has 2 heterocycles. The normalized spacial score (nSPS) is 12.1. The Morgan fingerprint density at radius 3 is 2.78 bits per heavy atom. The molecule has 0 aliphatic carbocycles. The maximum atomic E-state index is 5.38. The average Bonchev–Trinajstić information content (AvgIpc) is 2.94. The van der Waals surface area contributed by atoms with Gasteiger partial charge in [-0.1, -0.05) is 6.07 Å². The van der Waals surface area contributed by atoms with Crippen LogP contribution in [-0.2, 0) is 11.2 Å². The number of halogens is 1. The first-order chi connectivity index (χ1) is 10.6. The molecule has 2 rings (SSSR count). The second kappa shape index (κ2) is 9.02. The number of aliphatic imine (C=N–C) groups is 1. The highest BCUT2D eigenvalue weighted by molar-refractivity contribution is 14.0. The van der Waals surface area contributed by atoms with Crippen LogP contribution in [0.4, 0.5) is 0 Å². The van der Waals surface area contributed by atoms with Gasteiger partial charge in [0.15, 0.2) is 11.6 Å². The smallest absolute Gasteiger partial charge is 0.191 e. The summed E-state index contributed by atoms with van der Waals surface area (Å²) >= 11 is 0. The lowest BCUT2D eigenvalue weighted by Gasteiger charge is -2.24. The fourth-order valence-corrected chi connectivity index (χ4v) is 1.94. The number of nitrogens with one attached hydrogen (secondary N) is 2. The number of pyridine rings is 1. The Balaban J connectivity index is 0.00000264. The molecule has 128 valence electrons. The van der Waals surface area contributed by atoms with Crippen molar-refractivity contribution in [3.8, 4) is 0 Å². The van der Waals surface area contributed by atoms with Crippen LogP contribution in [0.15, 0.2) is 29.4 Å². The molecule has 0 amide bonds. The maximum absolute atomic E-state index is 5.38. The molecule has 23 heavy (non-hydrogen) atoms. The molecule has 0 saturated heterocycles. The number of aromatic nitrogens is 3. The number of hydrogen-bond acceptors (Lipinski definition) is 4. The van der Waals surface area contributed by atoms with Gasteiger partial charge in [0.2, 0.25) is 0 Å². The molecule has 8 heteroatoms. The minimum absolute atomic E-state index is 0. The third-order valence-electron chi connectivity index (χ3n) is 3.48. The van der Waals surface area contributed by atoms with Gasteiger partial charge in [0.25, 0.3) is 0 Å². The van der Waals surface area contributed by atoms with E-state index in [9.17, 15) is 0 Å². The van der Waals surface area contributed by atoms with Gasteiger partial charge in [-0.05, 0) is 26.0 Å². The van der Waals surface area contributed by atoms with E-state index in [0.29, 0.717) is 6.54 Å². The van der Waals surface area contributed by atoms with Gasteiger partial charge in [-0.25, -0.2) is 0 Å². The van der Waals surface area contributed by atoms with Crippen molar-refractivity contribution < 1.29 is 4.74 Å². The molecule has 7 nitrogen and oxygen atoms in total. The number of guanidine groups is 1. The van der Waals surface area contributed by atoms with Crippen LogP contribution in [0.5, 0.6) is 0 Å². The zero-order chi connectivity index (χ0) is 16.0. The molecular weight excluding hydrogens is 407 g/mol. The molecule has 0 unspecified atom stereocenters. The summed E-state index contributed by atoms with van der Waals surface area (Å²) in [6.07, 6.45) is 2.73. The third kappa shape index (κ3) is 5.61. The number of hydrogen-bond donors (Lipinski definition) is 2. The number of methoxy groups -OCH3 is 1. The van der Waals surface area contributed by atoms with E-state index in [0.717, 1.165) is 30.4 Å². The Morgan fingerprint density at radius 2 is 2.09 bits per heavy atom. The Bertz CT molecular complexity index is 640. The zero-order valence-electron chi connectivity index (χ0n) is 14.0. The summed E-state index contributed by atoms with van der Waals surface area (Å²) in [5, 5.41) is 14.9. The van der Waals surface area contributed by atoms with Crippen molar-refractivity contribution in [2.45, 2.75) is 25.9 Å². The molecule has 0 aliphatic heterocycles. The predicted molar refractivity (Wildman–Crippen MR) is 103 cm³/mol. The molecule has 2 aromatic rings. The van der Waals surface area contributed by atoms with E-state index in [1.165, 1.54) is 0 Å². The van der Waals surface area contributed by atoms with Gasteiger partial charge < -0.3 is 15.4 Å². The first-order valence-electron chi connectivity index (χ1n) is 7.34. The summed E-state index contributed by atoms with van der Waals surface area (Å²) in [4.78, 5) is 4.20. The Morgan fingerprint density at radius 1 is 1.30 bits per heavy atom. The van der Waals surface area contributed by atoms with Crippen molar-refractivity contribution in [1.29, 1.82) is 0 Å². The van der Waals surface area contributed by atoms with Crippen molar-refractivity contribution in [3.05, 3.63) is 30.2 Å². The largest absolute Gasteiger partial charge is 0.377 e. The number of nitrogens with zero attached hydrogens (tertiary/aromatic N) is 4. The SMILES string of the molecule is CN=C(NCCc1nnc2ccccn12)NCC(C)(C)OC.I. The van der Waals surface area contributed by atoms with Crippen molar-refractivity contribution in [2.24, 2.45) is 4.99 Å². The molecule has 2 aromatic heterocycles. The highest BCUT2D eigenvalue weighted by Gasteiger charge is 2.16. The molecular formula is C15H25IN6O. The summed E-state index contributed by atoms with van der Waals surface area (Å²) in [5.41, 5.74) is 0.628. The Labute approximate surface area is 153 Å². The number of ether oxygens (including phenoxy) is 1. The minimum Gasteiger partial charge on any atom is -0.377 e. The van der Waals surface area contributed by atoms with Crippen LogP contribution in [-0.4, -0.2) is 53.4 Å². The highest BCUT2D eigenvalue weighted by atomic mass is 127. The first kappa shape index (κ1) is 19.6. The van der Waals surface area contributed by atoms with E-state index < -0.39 is 0 Å². The summed E-state index contributed by atoms with van der Waals surface area (Å²) < 4.78 is 7.37. The van der Waals surface area contributed by atoms with Gasteiger partial charge in [0, 0.05) is 39.9 Å². The molecule has 0 atom stereocenters. The third-order valence-corrected chi connectivity index (χ3v) is 3.48. The van der Waals surface area contributed by atoms with E-state index in [1.54, 1.807) is 14.2 Å². The van der Waals surface area contributed by atoms with E-state index in [-0.39, 0.29) is 29.6 Å². The van der Waals surface area contributed by atoms with Crippen LogP contribution in [0, 0.1) is 0 Å². The van der Waals surface area contributed by atoms with Gasteiger partial charge in [-0.2, -0.15) is 0 Å². The summed E-state index contributed by atoms with van der Waals surface area (Å²) in [7, 11) is 3.45. The van der Waals surface area contributed by atoms with Crippen LogP contribution in [0.25, 0.3) is 5.65 Å². The van der Waals surface area contributed by atoms with Gasteiger partial charge in [0.1, 0.15) is 5.82 Å². The van der Waals surface area contributed by atoms with Gasteiger partial charge >= 0.3 is 0 Å². The lowest BCUT2D eigenvalue weighted by Crippen LogP contribution is -2.45. The van der Waals surface area contributed by atoms with Crippen LogP contribution >= 0.6 is 24.0 Å². The second-order valence-corrected chi connectivity index (χ2v) is 5.61. The van der Waals surface area contributed by atoms with Gasteiger partial charge in [-0.3, -0.25) is 9.39 Å². The van der Waals surface area contributed by atoms with Crippen molar-refractivity contribution in [3.63, 3.8) is 0 Å². The minimum atomic E-state index is -0.235. The topological polar surface area (TPSA) is 75.8 Å². The lowest BCUT2D eigenvalue weighted by molar-refractivity contribution is 0.0268. The quantitative estimate of drug-likeness (QED) is 0.411. The van der Waals surface area contributed by atoms with Crippen molar-refractivity contribution in [1.82, 2.24) is 25.2 Å². The fourth-order valence-electron chi connectivity index (χ4n) is 1.94. The van der Waals surface area contributed by atoms with Crippen LogP contribution < -0.4 is 10.6 Å². The summed E-state index contributed by atoms with van der Waals surface area (Å²) in [6, 6.07) is 5.87.